The summed E-state index contributed by atoms with van der Waals surface area (Å²) in [6.07, 6.45) is 1.50. The highest BCUT2D eigenvalue weighted by Gasteiger charge is 2.28. The number of para-hydroxylation sites is 1. The van der Waals surface area contributed by atoms with E-state index >= 15 is 0 Å². The number of hydrogen-bond acceptors (Lipinski definition) is 5. The van der Waals surface area contributed by atoms with Crippen LogP contribution in [0.4, 0.5) is 25.0 Å². The molecular weight excluding hydrogens is 436 g/mol. The third-order valence-electron chi connectivity index (χ3n) is 5.26. The van der Waals surface area contributed by atoms with Crippen LogP contribution >= 0.6 is 11.3 Å². The van der Waals surface area contributed by atoms with Gasteiger partial charge in [0.25, 0.3) is 5.91 Å². The van der Waals surface area contributed by atoms with E-state index in [0.29, 0.717) is 30.2 Å². The van der Waals surface area contributed by atoms with Crippen LogP contribution in [-0.4, -0.2) is 40.1 Å². The second-order valence-corrected chi connectivity index (χ2v) is 8.56. The van der Waals surface area contributed by atoms with Gasteiger partial charge in [-0.2, -0.15) is 0 Å². The zero-order valence-corrected chi connectivity index (χ0v) is 18.1. The number of piperidine rings is 1. The molecule has 2 heterocycles. The number of nitrogens with zero attached hydrogens (tertiary/aromatic N) is 3. The second kappa shape index (κ2) is 9.39. The van der Waals surface area contributed by atoms with E-state index in [1.54, 1.807) is 0 Å². The van der Waals surface area contributed by atoms with Gasteiger partial charge in [0.05, 0.1) is 5.69 Å². The molecule has 166 valence electrons. The predicted molar refractivity (Wildman–Crippen MR) is 118 cm³/mol. The summed E-state index contributed by atoms with van der Waals surface area (Å²) in [7, 11) is 0. The predicted octanol–water partition coefficient (Wildman–Crippen LogP) is 4.79. The molecule has 0 spiro atoms. The first-order valence-corrected chi connectivity index (χ1v) is 10.9. The monoisotopic (exact) mass is 457 g/mol. The van der Waals surface area contributed by atoms with E-state index in [1.165, 1.54) is 16.2 Å². The van der Waals surface area contributed by atoms with Crippen molar-refractivity contribution in [2.24, 2.45) is 0 Å². The van der Waals surface area contributed by atoms with Crippen LogP contribution < -0.4 is 10.6 Å². The van der Waals surface area contributed by atoms with Crippen LogP contribution in [0.15, 0.2) is 42.5 Å². The fourth-order valence-corrected chi connectivity index (χ4v) is 4.40. The zero-order valence-electron chi connectivity index (χ0n) is 17.3. The molecule has 32 heavy (non-hydrogen) atoms. The van der Waals surface area contributed by atoms with Gasteiger partial charge < -0.3 is 15.5 Å². The third kappa shape index (κ3) is 4.91. The van der Waals surface area contributed by atoms with Crippen molar-refractivity contribution in [3.63, 3.8) is 0 Å². The second-order valence-electron chi connectivity index (χ2n) is 7.55. The molecule has 2 aromatic carbocycles. The quantitative estimate of drug-likeness (QED) is 0.590. The molecule has 1 atom stereocenters. The number of hydrogen-bond donors (Lipinski definition) is 2. The first-order valence-electron chi connectivity index (χ1n) is 10.1. The summed E-state index contributed by atoms with van der Waals surface area (Å²) >= 11 is 1.19. The molecule has 1 saturated heterocycles. The van der Waals surface area contributed by atoms with E-state index in [0.717, 1.165) is 30.2 Å². The molecule has 1 aliphatic rings. The van der Waals surface area contributed by atoms with Crippen LogP contribution in [0.2, 0.25) is 0 Å². The lowest BCUT2D eigenvalue weighted by molar-refractivity contribution is 0.102. The van der Waals surface area contributed by atoms with Crippen molar-refractivity contribution in [2.45, 2.75) is 25.7 Å². The van der Waals surface area contributed by atoms with Crippen LogP contribution in [0.1, 0.15) is 39.1 Å². The molecule has 3 aromatic rings. The summed E-state index contributed by atoms with van der Waals surface area (Å²) in [4.78, 5) is 26.7. The molecule has 1 aromatic heterocycles. The number of benzene rings is 2. The average molecular weight is 458 g/mol. The van der Waals surface area contributed by atoms with Gasteiger partial charge in [0, 0.05) is 30.8 Å². The number of urea groups is 1. The number of carbonyl (C=O) groups is 2. The van der Waals surface area contributed by atoms with Crippen LogP contribution in [0.5, 0.6) is 0 Å². The number of carbonyl (C=O) groups excluding carboxylic acids is 2. The molecule has 10 heteroatoms. The zero-order chi connectivity index (χ0) is 22.7. The minimum atomic E-state index is -0.707. The highest BCUT2D eigenvalue weighted by Crippen LogP contribution is 2.30. The van der Waals surface area contributed by atoms with Gasteiger partial charge in [-0.3, -0.25) is 4.79 Å². The SMILES string of the molecule is Cc1ccccc1NC(=O)c1nnc(C2CCCN(C(=O)Nc3cc(F)ccc3F)C2)s1. The number of nitrogens with one attached hydrogen (secondary N) is 2. The lowest BCUT2D eigenvalue weighted by Gasteiger charge is -2.31. The van der Waals surface area contributed by atoms with Crippen LogP contribution in [-0.2, 0) is 0 Å². The Labute approximate surface area is 187 Å². The van der Waals surface area contributed by atoms with Crippen molar-refractivity contribution in [1.82, 2.24) is 15.1 Å². The van der Waals surface area contributed by atoms with E-state index in [4.69, 9.17) is 0 Å². The Morgan fingerprint density at radius 2 is 1.91 bits per heavy atom. The van der Waals surface area contributed by atoms with Crippen molar-refractivity contribution in [3.8, 4) is 0 Å². The Balaban J connectivity index is 1.41. The highest BCUT2D eigenvalue weighted by atomic mass is 32.1. The molecule has 1 unspecified atom stereocenters. The lowest BCUT2D eigenvalue weighted by Crippen LogP contribution is -2.41. The summed E-state index contributed by atoms with van der Waals surface area (Å²) in [5.74, 6) is -1.77. The van der Waals surface area contributed by atoms with Gasteiger partial charge in [-0.25, -0.2) is 13.6 Å². The van der Waals surface area contributed by atoms with Crippen molar-refractivity contribution in [3.05, 3.63) is 69.7 Å². The minimum Gasteiger partial charge on any atom is -0.324 e. The Morgan fingerprint density at radius 3 is 2.72 bits per heavy atom. The molecule has 4 rings (SSSR count). The molecule has 1 fully saturated rings. The number of likely N-dealkylation sites (tertiary alicyclic amines) is 1. The number of aromatic nitrogens is 2. The highest BCUT2D eigenvalue weighted by molar-refractivity contribution is 7.13. The number of amides is 3. The van der Waals surface area contributed by atoms with Crippen LogP contribution in [0.3, 0.4) is 0 Å². The van der Waals surface area contributed by atoms with Gasteiger partial charge >= 0.3 is 6.03 Å². The average Bonchev–Trinajstić information content (AvgIpc) is 3.28. The van der Waals surface area contributed by atoms with E-state index in [2.05, 4.69) is 20.8 Å². The minimum absolute atomic E-state index is 0.0932. The summed E-state index contributed by atoms with van der Waals surface area (Å²) in [6, 6.07) is 9.83. The van der Waals surface area contributed by atoms with Gasteiger partial charge in [-0.05, 0) is 43.5 Å². The summed E-state index contributed by atoms with van der Waals surface area (Å²) in [5, 5.41) is 14.4. The molecule has 3 amide bonds. The molecule has 7 nitrogen and oxygen atoms in total. The van der Waals surface area contributed by atoms with Gasteiger partial charge in [0.1, 0.15) is 16.6 Å². The number of rotatable bonds is 4. The number of aryl methyl sites for hydroxylation is 1. The fourth-order valence-electron chi connectivity index (χ4n) is 3.53. The maximum Gasteiger partial charge on any atom is 0.321 e. The van der Waals surface area contributed by atoms with Gasteiger partial charge in [-0.1, -0.05) is 29.5 Å². The smallest absolute Gasteiger partial charge is 0.321 e. The van der Waals surface area contributed by atoms with Crippen molar-refractivity contribution in [1.29, 1.82) is 0 Å². The van der Waals surface area contributed by atoms with Crippen molar-refractivity contribution >= 4 is 34.6 Å². The first-order chi connectivity index (χ1) is 15.4. The van der Waals surface area contributed by atoms with E-state index in [-0.39, 0.29) is 22.5 Å². The van der Waals surface area contributed by atoms with E-state index in [1.807, 2.05) is 31.2 Å². The first kappa shape index (κ1) is 21.8. The number of halogens is 2. The molecule has 2 N–H and O–H groups in total. The van der Waals surface area contributed by atoms with Gasteiger partial charge in [-0.15, -0.1) is 10.2 Å². The van der Waals surface area contributed by atoms with E-state index in [9.17, 15) is 18.4 Å². The Kier molecular flexibility index (Phi) is 6.40. The van der Waals surface area contributed by atoms with Crippen LogP contribution in [0, 0.1) is 18.6 Å². The largest absolute Gasteiger partial charge is 0.324 e. The van der Waals surface area contributed by atoms with E-state index < -0.39 is 17.7 Å². The Bertz CT molecular complexity index is 1150. The molecule has 0 saturated carbocycles. The normalized spacial score (nSPS) is 16.0. The molecular formula is C22H21F2N5O2S. The van der Waals surface area contributed by atoms with Gasteiger partial charge in [0.2, 0.25) is 5.01 Å². The molecule has 0 bridgehead atoms. The standard InChI is InChI=1S/C22H21F2N5O2S/c1-13-5-2-3-7-17(13)25-19(30)21-28-27-20(32-21)14-6-4-10-29(12-14)22(31)26-18-11-15(23)8-9-16(18)24/h2-3,5,7-9,11,14H,4,6,10,12H2,1H3,(H,25,30)(H,26,31). The van der Waals surface area contributed by atoms with Gasteiger partial charge in [0.15, 0.2) is 0 Å². The third-order valence-corrected chi connectivity index (χ3v) is 6.34. The van der Waals surface area contributed by atoms with Crippen molar-refractivity contribution in [2.75, 3.05) is 23.7 Å². The van der Waals surface area contributed by atoms with Crippen molar-refractivity contribution < 1.29 is 18.4 Å². The molecule has 0 radical (unpaired) electrons. The maximum absolute atomic E-state index is 13.8. The molecule has 0 aliphatic carbocycles. The fraction of sp³-hybridized carbons (Fsp3) is 0.273. The number of anilines is 2. The van der Waals surface area contributed by atoms with Crippen LogP contribution in [0.25, 0.3) is 0 Å². The topological polar surface area (TPSA) is 87.2 Å². The molecule has 1 aliphatic heterocycles. The Hall–Kier alpha value is -3.40. The summed E-state index contributed by atoms with van der Waals surface area (Å²) in [5.41, 5.74) is 1.44. The maximum atomic E-state index is 13.8. The summed E-state index contributed by atoms with van der Waals surface area (Å²) < 4.78 is 27.2. The lowest BCUT2D eigenvalue weighted by atomic mass is 9.99. The Morgan fingerprint density at radius 1 is 1.09 bits per heavy atom. The summed E-state index contributed by atoms with van der Waals surface area (Å²) in [6.45, 7) is 2.73.